The zero-order valence-electron chi connectivity index (χ0n) is 17.6. The van der Waals surface area contributed by atoms with Gasteiger partial charge in [0.25, 0.3) is 0 Å². The van der Waals surface area contributed by atoms with Gasteiger partial charge in [-0.2, -0.15) is 0 Å². The van der Waals surface area contributed by atoms with Crippen LogP contribution >= 0.6 is 0 Å². The van der Waals surface area contributed by atoms with Gasteiger partial charge in [0.1, 0.15) is 11.5 Å². The molecule has 1 N–H and O–H groups in total. The van der Waals surface area contributed by atoms with E-state index in [0.717, 1.165) is 38.1 Å². The van der Waals surface area contributed by atoms with Crippen LogP contribution < -0.4 is 0 Å². The zero-order chi connectivity index (χ0) is 20.3. The third-order valence-electron chi connectivity index (χ3n) is 8.78. The average Bonchev–Trinajstić information content (AvgIpc) is 3.56. The summed E-state index contributed by atoms with van der Waals surface area (Å²) in [6.07, 6.45) is 8.19. The molecule has 4 aliphatic rings. The molecule has 2 aromatic rings. The number of fused-ring (bicyclic) bond motifs is 1. The number of hydrogen-bond acceptors (Lipinski definition) is 3. The third-order valence-corrected chi connectivity index (χ3v) is 8.78. The Kier molecular flexibility index (Phi) is 4.15. The van der Waals surface area contributed by atoms with Crippen molar-refractivity contribution in [2.24, 2.45) is 11.3 Å². The second-order valence-electron chi connectivity index (χ2n) is 10.4. The predicted octanol–water partition coefficient (Wildman–Crippen LogP) is 4.65. The number of rotatable bonds is 4. The summed E-state index contributed by atoms with van der Waals surface area (Å²) in [7, 11) is 0. The lowest BCUT2D eigenvalue weighted by atomic mass is 9.42. The van der Waals surface area contributed by atoms with Crippen molar-refractivity contribution in [1.29, 1.82) is 0 Å². The van der Waals surface area contributed by atoms with E-state index in [9.17, 15) is 9.90 Å². The molecule has 3 fully saturated rings. The fourth-order valence-electron chi connectivity index (χ4n) is 7.27. The van der Waals surface area contributed by atoms with Crippen LogP contribution in [0.5, 0.6) is 5.75 Å². The Morgan fingerprint density at radius 1 is 1.07 bits per heavy atom. The van der Waals surface area contributed by atoms with Crippen molar-refractivity contribution >= 4 is 5.78 Å². The highest BCUT2D eigenvalue weighted by Crippen LogP contribution is 2.64. The summed E-state index contributed by atoms with van der Waals surface area (Å²) >= 11 is 0. The first-order chi connectivity index (χ1) is 14.6. The van der Waals surface area contributed by atoms with Crippen molar-refractivity contribution in [1.82, 2.24) is 4.90 Å². The number of nitrogens with zero attached hydrogens (tertiary/aromatic N) is 1. The fourth-order valence-corrected chi connectivity index (χ4v) is 7.27. The molecule has 1 saturated heterocycles. The average molecular weight is 402 g/mol. The Morgan fingerprint density at radius 2 is 1.90 bits per heavy atom. The Balaban J connectivity index is 1.54. The van der Waals surface area contributed by atoms with E-state index in [2.05, 4.69) is 41.3 Å². The summed E-state index contributed by atoms with van der Waals surface area (Å²) in [4.78, 5) is 15.7. The number of carbonyl (C=O) groups is 1. The molecule has 0 amide bonds. The highest BCUT2D eigenvalue weighted by molar-refractivity contribution is 5.82. The number of piperidine rings is 1. The van der Waals surface area contributed by atoms with Gasteiger partial charge in [-0.1, -0.05) is 36.4 Å². The standard InChI is InChI=1S/C27H31NO2/c29-22-9-8-21-14-25-27(16-19-4-2-1-3-5-19)11-10-23(30)17-26(27,24(21)15-22)12-13-28(25)18-20-6-7-20/h1-5,8-9,15,20,25,29H,6-7,10-14,16-18H2/t25-,26+,27+/m0/s1. The molecule has 0 radical (unpaired) electrons. The van der Waals surface area contributed by atoms with Gasteiger partial charge in [0, 0.05) is 36.3 Å². The maximum Gasteiger partial charge on any atom is 0.133 e. The Labute approximate surface area is 179 Å². The van der Waals surface area contributed by atoms with Gasteiger partial charge < -0.3 is 5.11 Å². The van der Waals surface area contributed by atoms with E-state index >= 15 is 0 Å². The molecule has 30 heavy (non-hydrogen) atoms. The molecule has 156 valence electrons. The van der Waals surface area contributed by atoms with Gasteiger partial charge in [-0.3, -0.25) is 9.69 Å². The molecule has 2 bridgehead atoms. The van der Waals surface area contributed by atoms with Crippen LogP contribution in [0, 0.1) is 11.3 Å². The number of phenolic OH excluding ortho intramolecular Hbond substituents is 1. The molecular weight excluding hydrogens is 370 g/mol. The van der Waals surface area contributed by atoms with Gasteiger partial charge in [0.05, 0.1) is 0 Å². The maximum absolute atomic E-state index is 12.9. The Bertz CT molecular complexity index is 982. The van der Waals surface area contributed by atoms with E-state index < -0.39 is 0 Å². The minimum absolute atomic E-state index is 0.0657. The summed E-state index contributed by atoms with van der Waals surface area (Å²) < 4.78 is 0. The molecule has 3 atom stereocenters. The topological polar surface area (TPSA) is 40.5 Å². The van der Waals surface area contributed by atoms with Gasteiger partial charge in [0.2, 0.25) is 0 Å². The van der Waals surface area contributed by atoms with E-state index in [-0.39, 0.29) is 10.8 Å². The van der Waals surface area contributed by atoms with Crippen molar-refractivity contribution in [2.75, 3.05) is 13.1 Å². The number of Topliss-reactive ketones (excluding diaryl/α,β-unsaturated/α-hetero) is 1. The zero-order valence-corrected chi connectivity index (χ0v) is 17.6. The molecule has 0 spiro atoms. The Hall–Kier alpha value is -2.13. The normalized spacial score (nSPS) is 33.1. The first kappa shape index (κ1) is 18.6. The fraction of sp³-hybridized carbons (Fsp3) is 0.519. The molecule has 3 heteroatoms. The van der Waals surface area contributed by atoms with Gasteiger partial charge in [-0.15, -0.1) is 0 Å². The van der Waals surface area contributed by atoms with Crippen LogP contribution in [0.3, 0.4) is 0 Å². The number of carbonyl (C=O) groups excluding carboxylic acids is 1. The molecule has 0 unspecified atom stereocenters. The number of benzene rings is 2. The number of hydrogen-bond donors (Lipinski definition) is 1. The summed E-state index contributed by atoms with van der Waals surface area (Å²) in [5, 5.41) is 10.4. The van der Waals surface area contributed by atoms with E-state index in [1.54, 1.807) is 0 Å². The first-order valence-corrected chi connectivity index (χ1v) is 11.7. The minimum atomic E-state index is -0.144. The Morgan fingerprint density at radius 3 is 2.70 bits per heavy atom. The highest BCUT2D eigenvalue weighted by Gasteiger charge is 2.64. The van der Waals surface area contributed by atoms with Crippen molar-refractivity contribution in [3.05, 3.63) is 65.2 Å². The lowest BCUT2D eigenvalue weighted by Gasteiger charge is -2.66. The molecule has 6 rings (SSSR count). The van der Waals surface area contributed by atoms with Crippen LogP contribution in [0.15, 0.2) is 48.5 Å². The first-order valence-electron chi connectivity index (χ1n) is 11.7. The van der Waals surface area contributed by atoms with E-state index in [0.29, 0.717) is 30.4 Å². The lowest BCUT2D eigenvalue weighted by molar-refractivity contribution is -0.139. The number of ketones is 1. The molecule has 3 aliphatic carbocycles. The van der Waals surface area contributed by atoms with Crippen LogP contribution in [-0.2, 0) is 23.1 Å². The number of phenols is 1. The van der Waals surface area contributed by atoms with Crippen LogP contribution in [0.1, 0.15) is 55.2 Å². The number of aromatic hydroxyl groups is 1. The van der Waals surface area contributed by atoms with Gasteiger partial charge in [-0.25, -0.2) is 0 Å². The molecular formula is C27H31NO2. The van der Waals surface area contributed by atoms with E-state index in [1.807, 2.05) is 12.1 Å². The molecule has 1 heterocycles. The molecule has 3 nitrogen and oxygen atoms in total. The highest BCUT2D eigenvalue weighted by atomic mass is 16.3. The van der Waals surface area contributed by atoms with Crippen molar-refractivity contribution in [2.45, 2.75) is 62.8 Å². The van der Waals surface area contributed by atoms with Gasteiger partial charge >= 0.3 is 0 Å². The lowest BCUT2D eigenvalue weighted by Crippen LogP contribution is -2.69. The molecule has 2 aromatic carbocycles. The third kappa shape index (κ3) is 2.71. The van der Waals surface area contributed by atoms with Gasteiger partial charge in [0.15, 0.2) is 0 Å². The van der Waals surface area contributed by atoms with Crippen LogP contribution in [0.2, 0.25) is 0 Å². The smallest absolute Gasteiger partial charge is 0.133 e. The molecule has 1 aliphatic heterocycles. The quantitative estimate of drug-likeness (QED) is 0.811. The SMILES string of the molecule is O=C1CC[C@@]2(Cc3ccccc3)[C@@H]3Cc4ccc(O)cc4[C@@]2(CCN3CC2CC2)C1. The second-order valence-corrected chi connectivity index (χ2v) is 10.4. The van der Waals surface area contributed by atoms with Crippen LogP contribution in [0.4, 0.5) is 0 Å². The number of likely N-dealkylation sites (tertiary alicyclic amines) is 1. The van der Waals surface area contributed by atoms with Crippen molar-refractivity contribution < 1.29 is 9.90 Å². The van der Waals surface area contributed by atoms with Gasteiger partial charge in [-0.05, 0) is 79.8 Å². The second kappa shape index (κ2) is 6.68. The summed E-state index contributed by atoms with van der Waals surface area (Å²) in [5.74, 6) is 1.62. The summed E-state index contributed by atoms with van der Waals surface area (Å²) in [6.45, 7) is 2.30. The summed E-state index contributed by atoms with van der Waals surface area (Å²) in [6, 6.07) is 17.4. The van der Waals surface area contributed by atoms with E-state index in [1.165, 1.54) is 36.1 Å². The molecule has 0 aromatic heterocycles. The van der Waals surface area contributed by atoms with Crippen molar-refractivity contribution in [3.8, 4) is 5.75 Å². The monoisotopic (exact) mass is 401 g/mol. The van der Waals surface area contributed by atoms with Crippen LogP contribution in [-0.4, -0.2) is 34.9 Å². The largest absolute Gasteiger partial charge is 0.508 e. The van der Waals surface area contributed by atoms with E-state index in [4.69, 9.17) is 0 Å². The van der Waals surface area contributed by atoms with Crippen molar-refractivity contribution in [3.63, 3.8) is 0 Å². The van der Waals surface area contributed by atoms with Crippen LogP contribution in [0.25, 0.3) is 0 Å². The maximum atomic E-state index is 12.9. The summed E-state index contributed by atoms with van der Waals surface area (Å²) in [5.41, 5.74) is 3.94. The minimum Gasteiger partial charge on any atom is -0.508 e. The molecule has 2 saturated carbocycles. The predicted molar refractivity (Wildman–Crippen MR) is 118 cm³/mol.